The van der Waals surface area contributed by atoms with Crippen LogP contribution in [0.2, 0.25) is 0 Å². The van der Waals surface area contributed by atoms with Crippen molar-refractivity contribution in [3.8, 4) is 0 Å². The van der Waals surface area contributed by atoms with Crippen LogP contribution in [0.25, 0.3) is 0 Å². The Hall–Kier alpha value is -1.83. The molecule has 1 aliphatic rings. The lowest BCUT2D eigenvalue weighted by Crippen LogP contribution is -2.51. The van der Waals surface area contributed by atoms with Crippen LogP contribution in [0.15, 0.2) is 0 Å². The van der Waals surface area contributed by atoms with Crippen molar-refractivity contribution >= 4 is 18.0 Å². The number of nitrogens with two attached hydrogens (primary N) is 1. The molecule has 1 saturated heterocycles. The largest absolute Gasteiger partial charge is 0.443 e. The van der Waals surface area contributed by atoms with Gasteiger partial charge in [-0.25, -0.2) is 14.5 Å². The molecule has 0 aliphatic carbocycles. The number of hydrogen-bond donors (Lipinski definition) is 2. The zero-order valence-corrected chi connectivity index (χ0v) is 15.5. The van der Waals surface area contributed by atoms with Gasteiger partial charge in [-0.05, 0) is 41.5 Å². The summed E-state index contributed by atoms with van der Waals surface area (Å²) in [6.45, 7) is 11.6. The number of nitrogens with one attached hydrogen (secondary N) is 1. The van der Waals surface area contributed by atoms with E-state index in [-0.39, 0.29) is 37.0 Å². The molecule has 1 rings (SSSR count). The summed E-state index contributed by atoms with van der Waals surface area (Å²) in [7, 11) is 0. The summed E-state index contributed by atoms with van der Waals surface area (Å²) < 4.78 is 5.23. The molecular weight excluding hydrogens is 312 g/mol. The van der Waals surface area contributed by atoms with Gasteiger partial charge in [0.15, 0.2) is 0 Å². The first-order chi connectivity index (χ1) is 10.8. The molecule has 0 spiro atoms. The summed E-state index contributed by atoms with van der Waals surface area (Å²) in [4.78, 5) is 39.3. The van der Waals surface area contributed by atoms with Crippen LogP contribution in [-0.4, -0.2) is 64.6 Å². The van der Waals surface area contributed by atoms with E-state index in [0.717, 1.165) is 4.90 Å². The monoisotopic (exact) mass is 342 g/mol. The van der Waals surface area contributed by atoms with E-state index in [1.54, 1.807) is 25.7 Å². The summed E-state index contributed by atoms with van der Waals surface area (Å²) >= 11 is 0. The van der Waals surface area contributed by atoms with E-state index in [4.69, 9.17) is 10.5 Å². The average Bonchev–Trinajstić information content (AvgIpc) is 2.74. The van der Waals surface area contributed by atoms with Crippen molar-refractivity contribution in [3.05, 3.63) is 0 Å². The maximum absolute atomic E-state index is 12.4. The molecule has 24 heavy (non-hydrogen) atoms. The number of amides is 4. The number of ether oxygens (including phenoxy) is 1. The lowest BCUT2D eigenvalue weighted by molar-refractivity contribution is -0.131. The van der Waals surface area contributed by atoms with Crippen molar-refractivity contribution < 1.29 is 19.1 Å². The molecule has 0 radical (unpaired) electrons. The van der Waals surface area contributed by atoms with E-state index in [2.05, 4.69) is 5.32 Å². The van der Waals surface area contributed by atoms with Gasteiger partial charge in [-0.2, -0.15) is 0 Å². The Bertz CT molecular complexity index is 493. The summed E-state index contributed by atoms with van der Waals surface area (Å²) in [6, 6.07) is -0.935. The second-order valence-corrected chi connectivity index (χ2v) is 7.95. The Morgan fingerprint density at radius 3 is 2.29 bits per heavy atom. The van der Waals surface area contributed by atoms with Crippen molar-refractivity contribution in [2.45, 2.75) is 65.1 Å². The molecule has 8 nitrogen and oxygen atoms in total. The van der Waals surface area contributed by atoms with Crippen LogP contribution in [0.4, 0.5) is 9.59 Å². The maximum atomic E-state index is 12.4. The fourth-order valence-electron chi connectivity index (χ4n) is 2.43. The van der Waals surface area contributed by atoms with Gasteiger partial charge in [0.05, 0.1) is 6.04 Å². The van der Waals surface area contributed by atoms with Gasteiger partial charge in [-0.15, -0.1) is 0 Å². The molecule has 138 valence electrons. The lowest BCUT2D eigenvalue weighted by Gasteiger charge is -2.32. The van der Waals surface area contributed by atoms with E-state index < -0.39 is 17.7 Å². The van der Waals surface area contributed by atoms with Gasteiger partial charge in [-0.1, -0.05) is 0 Å². The number of imide groups is 1. The third-order valence-corrected chi connectivity index (χ3v) is 3.47. The highest BCUT2D eigenvalue weighted by Gasteiger charge is 2.38. The lowest BCUT2D eigenvalue weighted by atomic mass is 10.1. The smallest absolute Gasteiger partial charge is 0.418 e. The molecule has 1 atom stereocenters. The molecule has 0 aromatic rings. The van der Waals surface area contributed by atoms with Crippen molar-refractivity contribution in [1.29, 1.82) is 0 Å². The number of nitrogens with zero attached hydrogens (tertiary/aromatic N) is 2. The fraction of sp³-hybridized carbons (Fsp3) is 0.812. The minimum absolute atomic E-state index is 0.0181. The quantitative estimate of drug-likeness (QED) is 0.804. The molecule has 1 fully saturated rings. The van der Waals surface area contributed by atoms with Crippen LogP contribution in [-0.2, 0) is 9.53 Å². The second kappa shape index (κ2) is 7.38. The Kier molecular flexibility index (Phi) is 6.21. The van der Waals surface area contributed by atoms with E-state index in [9.17, 15) is 14.4 Å². The van der Waals surface area contributed by atoms with E-state index in [1.165, 1.54) is 0 Å². The van der Waals surface area contributed by atoms with Crippen LogP contribution in [0.1, 0.15) is 48.0 Å². The number of hydrogen-bond acceptors (Lipinski definition) is 5. The zero-order chi connectivity index (χ0) is 18.7. The zero-order valence-electron chi connectivity index (χ0n) is 15.5. The SMILES string of the molecule is CC(C)(C)OC(=O)N(CCN)C(=O)NC1CC(=O)N(C(C)(C)C)C1. The molecule has 8 heteroatoms. The summed E-state index contributed by atoms with van der Waals surface area (Å²) in [6.07, 6.45) is -0.532. The maximum Gasteiger partial charge on any atom is 0.418 e. The topological polar surface area (TPSA) is 105 Å². The minimum Gasteiger partial charge on any atom is -0.443 e. The first-order valence-electron chi connectivity index (χ1n) is 8.16. The molecule has 4 amide bonds. The van der Waals surface area contributed by atoms with Crippen LogP contribution in [0.5, 0.6) is 0 Å². The first-order valence-corrected chi connectivity index (χ1v) is 8.16. The predicted octanol–water partition coefficient (Wildman–Crippen LogP) is 1.29. The fourth-order valence-corrected chi connectivity index (χ4v) is 2.43. The molecule has 3 N–H and O–H groups in total. The molecule has 0 saturated carbocycles. The van der Waals surface area contributed by atoms with Gasteiger partial charge in [0.25, 0.3) is 0 Å². The first kappa shape index (κ1) is 20.2. The highest BCUT2D eigenvalue weighted by Crippen LogP contribution is 2.22. The van der Waals surface area contributed by atoms with Gasteiger partial charge >= 0.3 is 12.1 Å². The third kappa shape index (κ3) is 5.67. The van der Waals surface area contributed by atoms with E-state index >= 15 is 0 Å². The average molecular weight is 342 g/mol. The number of carbonyl (C=O) groups excluding carboxylic acids is 3. The van der Waals surface area contributed by atoms with E-state index in [1.807, 2.05) is 20.8 Å². The van der Waals surface area contributed by atoms with Gasteiger partial charge < -0.3 is 20.7 Å². The predicted molar refractivity (Wildman–Crippen MR) is 90.4 cm³/mol. The summed E-state index contributed by atoms with van der Waals surface area (Å²) in [5.41, 5.74) is 4.47. The molecule has 1 aliphatic heterocycles. The standard InChI is InChI=1S/C16H30N4O4/c1-15(2,3)20-10-11(9-12(20)21)18-13(22)19(8-7-17)14(23)24-16(4,5)6/h11H,7-10,17H2,1-6H3,(H,18,22). The number of carbonyl (C=O) groups is 3. The molecule has 0 aromatic carbocycles. The van der Waals surface area contributed by atoms with Crippen molar-refractivity contribution in [1.82, 2.24) is 15.1 Å². The molecule has 0 aromatic heterocycles. The second-order valence-electron chi connectivity index (χ2n) is 7.95. The third-order valence-electron chi connectivity index (χ3n) is 3.47. The van der Waals surface area contributed by atoms with Crippen LogP contribution >= 0.6 is 0 Å². The van der Waals surface area contributed by atoms with Gasteiger partial charge in [0.1, 0.15) is 5.60 Å². The molecular formula is C16H30N4O4. The van der Waals surface area contributed by atoms with Crippen LogP contribution < -0.4 is 11.1 Å². The molecule has 1 heterocycles. The summed E-state index contributed by atoms with van der Waals surface area (Å²) in [5, 5.41) is 2.73. The van der Waals surface area contributed by atoms with Gasteiger partial charge in [0.2, 0.25) is 5.91 Å². The normalized spacial score (nSPS) is 18.5. The number of urea groups is 1. The van der Waals surface area contributed by atoms with Crippen LogP contribution in [0, 0.1) is 0 Å². The van der Waals surface area contributed by atoms with Crippen LogP contribution in [0.3, 0.4) is 0 Å². The highest BCUT2D eigenvalue weighted by atomic mass is 16.6. The van der Waals surface area contributed by atoms with Gasteiger partial charge in [-0.3, -0.25) is 4.79 Å². The van der Waals surface area contributed by atoms with Gasteiger partial charge in [0, 0.05) is 31.6 Å². The minimum atomic E-state index is -0.748. The summed E-state index contributed by atoms with van der Waals surface area (Å²) in [5.74, 6) is -0.0181. The Morgan fingerprint density at radius 2 is 1.88 bits per heavy atom. The number of likely N-dealkylation sites (tertiary alicyclic amines) is 1. The number of rotatable bonds is 3. The van der Waals surface area contributed by atoms with Crippen molar-refractivity contribution in [3.63, 3.8) is 0 Å². The Balaban J connectivity index is 2.73. The van der Waals surface area contributed by atoms with Crippen molar-refractivity contribution in [2.24, 2.45) is 5.73 Å². The Morgan fingerprint density at radius 1 is 1.29 bits per heavy atom. The molecule has 0 bridgehead atoms. The van der Waals surface area contributed by atoms with Crippen molar-refractivity contribution in [2.75, 3.05) is 19.6 Å². The molecule has 1 unspecified atom stereocenters. The van der Waals surface area contributed by atoms with E-state index in [0.29, 0.717) is 6.54 Å². The highest BCUT2D eigenvalue weighted by molar-refractivity contribution is 5.92. The Labute approximate surface area is 143 Å².